The van der Waals surface area contributed by atoms with Gasteiger partial charge in [-0.15, -0.1) is 0 Å². The zero-order valence-electron chi connectivity index (χ0n) is 14.4. The molecule has 134 valence electrons. The summed E-state index contributed by atoms with van der Waals surface area (Å²) in [6.45, 7) is 2.75. The van der Waals surface area contributed by atoms with E-state index in [1.54, 1.807) is 10.9 Å². The van der Waals surface area contributed by atoms with E-state index >= 15 is 0 Å². The highest BCUT2D eigenvalue weighted by Gasteiger charge is 2.24. The van der Waals surface area contributed by atoms with Gasteiger partial charge < -0.3 is 14.2 Å². The molecule has 3 aromatic rings. The van der Waals surface area contributed by atoms with E-state index in [2.05, 4.69) is 20.4 Å². The van der Waals surface area contributed by atoms with Crippen LogP contribution in [0, 0.1) is 0 Å². The highest BCUT2D eigenvalue weighted by Crippen LogP contribution is 2.17. The predicted octanol–water partition coefficient (Wildman–Crippen LogP) is 1.54. The molecule has 0 unspecified atom stereocenters. The Morgan fingerprint density at radius 3 is 2.58 bits per heavy atom. The average Bonchev–Trinajstić information content (AvgIpc) is 3.39. The molecule has 26 heavy (non-hydrogen) atoms. The molecule has 0 radical (unpaired) electrons. The SMILES string of the molecule is O=C(CCc1ccco1)N1CCN(c2nnnn2-c2ccccc2)CC1. The Morgan fingerprint density at radius 1 is 1.04 bits per heavy atom. The quantitative estimate of drug-likeness (QED) is 0.693. The molecule has 0 bridgehead atoms. The van der Waals surface area contributed by atoms with Gasteiger partial charge >= 0.3 is 0 Å². The van der Waals surface area contributed by atoms with Gasteiger partial charge in [-0.2, -0.15) is 4.68 Å². The van der Waals surface area contributed by atoms with Crippen molar-refractivity contribution in [3.05, 3.63) is 54.5 Å². The number of rotatable bonds is 5. The van der Waals surface area contributed by atoms with Crippen molar-refractivity contribution in [2.45, 2.75) is 12.8 Å². The van der Waals surface area contributed by atoms with Gasteiger partial charge in [0.05, 0.1) is 12.0 Å². The van der Waals surface area contributed by atoms with Crippen LogP contribution in [0.15, 0.2) is 53.1 Å². The van der Waals surface area contributed by atoms with E-state index in [-0.39, 0.29) is 5.91 Å². The summed E-state index contributed by atoms with van der Waals surface area (Å²) in [6.07, 6.45) is 2.74. The first-order valence-electron chi connectivity index (χ1n) is 8.70. The summed E-state index contributed by atoms with van der Waals surface area (Å²) in [5.41, 5.74) is 0.921. The second-order valence-electron chi connectivity index (χ2n) is 6.17. The molecule has 8 heteroatoms. The number of carbonyl (C=O) groups is 1. The van der Waals surface area contributed by atoms with Crippen molar-refractivity contribution in [2.75, 3.05) is 31.1 Å². The fourth-order valence-corrected chi connectivity index (χ4v) is 3.11. The van der Waals surface area contributed by atoms with Crippen LogP contribution in [0.5, 0.6) is 0 Å². The Balaban J connectivity index is 1.35. The fraction of sp³-hybridized carbons (Fsp3) is 0.333. The van der Waals surface area contributed by atoms with Gasteiger partial charge in [0.2, 0.25) is 11.9 Å². The van der Waals surface area contributed by atoms with E-state index in [1.807, 2.05) is 47.4 Å². The third-order valence-electron chi connectivity index (χ3n) is 4.53. The standard InChI is InChI=1S/C18H20N6O2/c25-17(9-8-16-7-4-14-26-16)22-10-12-23(13-11-22)18-19-20-21-24(18)15-5-2-1-3-6-15/h1-7,14H,8-13H2. The van der Waals surface area contributed by atoms with Crippen LogP contribution in [0.3, 0.4) is 0 Å². The molecule has 0 spiro atoms. The minimum atomic E-state index is 0.156. The van der Waals surface area contributed by atoms with Crippen LogP contribution in [-0.2, 0) is 11.2 Å². The average molecular weight is 352 g/mol. The molecule has 0 N–H and O–H groups in total. The molecule has 4 rings (SSSR count). The molecule has 1 aromatic carbocycles. The number of piperazine rings is 1. The van der Waals surface area contributed by atoms with Crippen LogP contribution in [0.1, 0.15) is 12.2 Å². The summed E-state index contributed by atoms with van der Waals surface area (Å²) in [5.74, 6) is 1.71. The van der Waals surface area contributed by atoms with E-state index in [4.69, 9.17) is 4.42 Å². The predicted molar refractivity (Wildman–Crippen MR) is 95.0 cm³/mol. The van der Waals surface area contributed by atoms with E-state index in [1.165, 1.54) is 0 Å². The molecule has 0 atom stereocenters. The number of hydrogen-bond donors (Lipinski definition) is 0. The van der Waals surface area contributed by atoms with Crippen molar-refractivity contribution >= 4 is 11.9 Å². The van der Waals surface area contributed by atoms with Crippen molar-refractivity contribution in [1.82, 2.24) is 25.1 Å². The molecule has 0 saturated carbocycles. The Kier molecular flexibility index (Phi) is 4.63. The summed E-state index contributed by atoms with van der Waals surface area (Å²) in [7, 11) is 0. The van der Waals surface area contributed by atoms with Gasteiger partial charge in [0.15, 0.2) is 0 Å². The van der Waals surface area contributed by atoms with Crippen molar-refractivity contribution in [1.29, 1.82) is 0 Å². The lowest BCUT2D eigenvalue weighted by molar-refractivity contribution is -0.131. The smallest absolute Gasteiger partial charge is 0.250 e. The van der Waals surface area contributed by atoms with Crippen LogP contribution >= 0.6 is 0 Å². The highest BCUT2D eigenvalue weighted by atomic mass is 16.3. The van der Waals surface area contributed by atoms with Crippen LogP contribution < -0.4 is 4.90 Å². The molecule has 2 aromatic heterocycles. The highest BCUT2D eigenvalue weighted by molar-refractivity contribution is 5.76. The van der Waals surface area contributed by atoms with Gasteiger partial charge in [0.25, 0.3) is 0 Å². The number of amides is 1. The van der Waals surface area contributed by atoms with Crippen LogP contribution in [0.25, 0.3) is 5.69 Å². The maximum Gasteiger partial charge on any atom is 0.250 e. The topological polar surface area (TPSA) is 80.3 Å². The maximum atomic E-state index is 12.4. The van der Waals surface area contributed by atoms with E-state index in [9.17, 15) is 4.79 Å². The number of nitrogens with zero attached hydrogens (tertiary/aromatic N) is 6. The Hall–Kier alpha value is -3.16. The Labute approximate surface area is 151 Å². The largest absolute Gasteiger partial charge is 0.469 e. The molecule has 1 aliphatic rings. The maximum absolute atomic E-state index is 12.4. The Bertz CT molecular complexity index is 838. The molecular formula is C18H20N6O2. The number of aryl methyl sites for hydroxylation is 1. The minimum absolute atomic E-state index is 0.156. The second kappa shape index (κ2) is 7.38. The van der Waals surface area contributed by atoms with Crippen LogP contribution in [0.2, 0.25) is 0 Å². The number of hydrogen-bond acceptors (Lipinski definition) is 6. The van der Waals surface area contributed by atoms with Gasteiger partial charge in [-0.1, -0.05) is 23.3 Å². The van der Waals surface area contributed by atoms with Crippen molar-refractivity contribution < 1.29 is 9.21 Å². The van der Waals surface area contributed by atoms with Crippen molar-refractivity contribution in [2.24, 2.45) is 0 Å². The summed E-state index contributed by atoms with van der Waals surface area (Å²) >= 11 is 0. The van der Waals surface area contributed by atoms with Gasteiger partial charge in [-0.3, -0.25) is 4.79 Å². The lowest BCUT2D eigenvalue weighted by Crippen LogP contribution is -2.49. The molecule has 3 heterocycles. The van der Waals surface area contributed by atoms with Gasteiger partial charge in [0.1, 0.15) is 5.76 Å². The normalized spacial score (nSPS) is 14.6. The number of tetrazole rings is 1. The third kappa shape index (κ3) is 3.44. The molecule has 0 aliphatic carbocycles. The minimum Gasteiger partial charge on any atom is -0.469 e. The number of anilines is 1. The van der Waals surface area contributed by atoms with Gasteiger partial charge in [0, 0.05) is 39.0 Å². The number of para-hydroxylation sites is 1. The first-order valence-corrected chi connectivity index (χ1v) is 8.70. The number of benzene rings is 1. The number of carbonyl (C=O) groups excluding carboxylic acids is 1. The first kappa shape index (κ1) is 16.3. The zero-order chi connectivity index (χ0) is 17.8. The summed E-state index contributed by atoms with van der Waals surface area (Å²) < 4.78 is 7.02. The van der Waals surface area contributed by atoms with Crippen molar-refractivity contribution in [3.8, 4) is 5.69 Å². The molecule has 1 amide bonds. The first-order chi connectivity index (χ1) is 12.8. The van der Waals surface area contributed by atoms with E-state index < -0.39 is 0 Å². The molecule has 1 saturated heterocycles. The molecule has 1 aliphatic heterocycles. The van der Waals surface area contributed by atoms with Crippen LogP contribution in [0.4, 0.5) is 5.95 Å². The summed E-state index contributed by atoms with van der Waals surface area (Å²) in [5, 5.41) is 12.1. The summed E-state index contributed by atoms with van der Waals surface area (Å²) in [6, 6.07) is 13.5. The lowest BCUT2D eigenvalue weighted by Gasteiger charge is -2.34. The monoisotopic (exact) mass is 352 g/mol. The second-order valence-corrected chi connectivity index (χ2v) is 6.17. The zero-order valence-corrected chi connectivity index (χ0v) is 14.4. The lowest BCUT2D eigenvalue weighted by atomic mass is 10.2. The molecule has 8 nitrogen and oxygen atoms in total. The van der Waals surface area contributed by atoms with Crippen LogP contribution in [-0.4, -0.2) is 57.2 Å². The molecular weight excluding hydrogens is 332 g/mol. The fourth-order valence-electron chi connectivity index (χ4n) is 3.11. The summed E-state index contributed by atoms with van der Waals surface area (Å²) in [4.78, 5) is 16.4. The van der Waals surface area contributed by atoms with E-state index in [0.29, 0.717) is 45.0 Å². The van der Waals surface area contributed by atoms with Gasteiger partial charge in [-0.25, -0.2) is 0 Å². The van der Waals surface area contributed by atoms with E-state index in [0.717, 1.165) is 11.4 Å². The number of aromatic nitrogens is 4. The number of furan rings is 1. The van der Waals surface area contributed by atoms with Gasteiger partial charge in [-0.05, 0) is 34.7 Å². The third-order valence-corrected chi connectivity index (χ3v) is 4.53. The van der Waals surface area contributed by atoms with Crippen molar-refractivity contribution in [3.63, 3.8) is 0 Å². The Morgan fingerprint density at radius 2 is 1.85 bits per heavy atom. The molecule has 1 fully saturated rings.